The first-order valence-electron chi connectivity index (χ1n) is 10.0. The van der Waals surface area contributed by atoms with Gasteiger partial charge in [-0.25, -0.2) is 9.18 Å². The normalized spacial score (nSPS) is 19.4. The molecule has 0 radical (unpaired) electrons. The average Bonchev–Trinajstić information content (AvgIpc) is 3.13. The number of rotatable bonds is 5. The number of aryl methyl sites for hydroxylation is 1. The summed E-state index contributed by atoms with van der Waals surface area (Å²) in [6.07, 6.45) is -1.000. The Morgan fingerprint density at radius 3 is 2.19 bits per heavy atom. The van der Waals surface area contributed by atoms with Gasteiger partial charge in [0.25, 0.3) is 0 Å². The number of halogens is 4. The molecule has 1 aromatic carbocycles. The Hall–Kier alpha value is -2.95. The van der Waals surface area contributed by atoms with Crippen molar-refractivity contribution in [3.63, 3.8) is 0 Å². The zero-order valence-electron chi connectivity index (χ0n) is 17.6. The Balaban J connectivity index is 0.000000451. The number of nitrogens with zero attached hydrogens (tertiary/aromatic N) is 1. The lowest BCUT2D eigenvalue weighted by Gasteiger charge is -2.31. The number of hydrogen-bond donors (Lipinski definition) is 3. The molecule has 176 valence electrons. The van der Waals surface area contributed by atoms with Crippen LogP contribution < -0.4 is 10.6 Å². The smallest absolute Gasteiger partial charge is 0.475 e. The molecule has 1 unspecified atom stereocenters. The van der Waals surface area contributed by atoms with Gasteiger partial charge in [-0.15, -0.1) is 0 Å². The maximum Gasteiger partial charge on any atom is 0.490 e. The molecular formula is C21H25F4N3O4. The highest BCUT2D eigenvalue weighted by atomic mass is 19.4. The minimum absolute atomic E-state index is 0.128. The molecule has 1 amide bonds. The van der Waals surface area contributed by atoms with E-state index in [-0.39, 0.29) is 17.8 Å². The number of nitrogens with one attached hydrogen (secondary N) is 2. The van der Waals surface area contributed by atoms with Crippen molar-refractivity contribution in [1.82, 2.24) is 10.5 Å². The second-order valence-electron chi connectivity index (χ2n) is 7.61. The summed E-state index contributed by atoms with van der Waals surface area (Å²) in [5.41, 5.74) is 1.93. The summed E-state index contributed by atoms with van der Waals surface area (Å²) < 4.78 is 49.8. The van der Waals surface area contributed by atoms with Crippen LogP contribution in [0.5, 0.6) is 0 Å². The maximum absolute atomic E-state index is 13.0. The first-order chi connectivity index (χ1) is 15.0. The quantitative estimate of drug-likeness (QED) is 0.573. The molecule has 7 nitrogen and oxygen atoms in total. The van der Waals surface area contributed by atoms with E-state index >= 15 is 0 Å². The molecule has 1 saturated carbocycles. The topological polar surface area (TPSA) is 104 Å². The van der Waals surface area contributed by atoms with E-state index in [4.69, 9.17) is 14.4 Å². The van der Waals surface area contributed by atoms with E-state index in [0.29, 0.717) is 17.8 Å². The second-order valence-corrected chi connectivity index (χ2v) is 7.61. The first kappa shape index (κ1) is 25.3. The number of carbonyl (C=O) groups is 2. The average molecular weight is 459 g/mol. The van der Waals surface area contributed by atoms with Crippen LogP contribution in [0, 0.1) is 12.7 Å². The van der Waals surface area contributed by atoms with Gasteiger partial charge in [-0.2, -0.15) is 13.2 Å². The molecule has 0 spiro atoms. The zero-order valence-corrected chi connectivity index (χ0v) is 17.6. The van der Waals surface area contributed by atoms with Gasteiger partial charge in [-0.3, -0.25) is 10.1 Å². The fourth-order valence-corrected chi connectivity index (χ4v) is 3.41. The van der Waals surface area contributed by atoms with Gasteiger partial charge in [0.15, 0.2) is 0 Å². The standard InChI is InChI=1S/C19H24FN3O2.C2HF3O2/c1-12-11-18(25-23-12)22-19(24)13(2)21-17-9-5-15(6-10-17)14-3-7-16(20)8-4-14;3-2(4,5)1(6)7/h3-4,7-8,11,13,15,17,21H,5-6,9-10H2,1-2H3,(H,22,24);(H,6,7). The molecule has 1 atom stereocenters. The van der Waals surface area contributed by atoms with Crippen molar-refractivity contribution < 1.29 is 36.8 Å². The third-order valence-electron chi connectivity index (χ3n) is 5.06. The summed E-state index contributed by atoms with van der Waals surface area (Å²) in [6, 6.07) is 8.51. The Morgan fingerprint density at radius 1 is 1.16 bits per heavy atom. The van der Waals surface area contributed by atoms with Crippen LogP contribution in [0.1, 0.15) is 49.8 Å². The zero-order chi connectivity index (χ0) is 23.9. The van der Waals surface area contributed by atoms with Crippen LogP contribution in [0.25, 0.3) is 0 Å². The highest BCUT2D eigenvalue weighted by molar-refractivity contribution is 5.93. The second kappa shape index (κ2) is 11.1. The number of carboxylic acid groups (broad SMARTS) is 1. The summed E-state index contributed by atoms with van der Waals surface area (Å²) >= 11 is 0. The third-order valence-corrected chi connectivity index (χ3v) is 5.06. The molecule has 0 saturated heterocycles. The van der Waals surface area contributed by atoms with Gasteiger partial charge in [0.1, 0.15) is 5.82 Å². The Morgan fingerprint density at radius 2 is 1.72 bits per heavy atom. The van der Waals surface area contributed by atoms with E-state index in [0.717, 1.165) is 31.4 Å². The number of benzene rings is 1. The van der Waals surface area contributed by atoms with Crippen LogP contribution in [0.3, 0.4) is 0 Å². The molecule has 3 rings (SSSR count). The van der Waals surface area contributed by atoms with Gasteiger partial charge >= 0.3 is 12.1 Å². The lowest BCUT2D eigenvalue weighted by molar-refractivity contribution is -0.192. The molecule has 11 heteroatoms. The number of carboxylic acids is 1. The summed E-state index contributed by atoms with van der Waals surface area (Å²) in [4.78, 5) is 21.1. The van der Waals surface area contributed by atoms with E-state index < -0.39 is 12.1 Å². The van der Waals surface area contributed by atoms with E-state index in [2.05, 4.69) is 15.8 Å². The van der Waals surface area contributed by atoms with Crippen molar-refractivity contribution in [3.05, 3.63) is 47.4 Å². The van der Waals surface area contributed by atoms with Gasteiger partial charge in [0.2, 0.25) is 11.8 Å². The van der Waals surface area contributed by atoms with Gasteiger partial charge in [-0.05, 0) is 63.1 Å². The number of anilines is 1. The van der Waals surface area contributed by atoms with Gasteiger partial charge in [0, 0.05) is 12.1 Å². The number of amides is 1. The molecule has 0 bridgehead atoms. The predicted octanol–water partition coefficient (Wildman–Crippen LogP) is 4.40. The van der Waals surface area contributed by atoms with Crippen molar-refractivity contribution >= 4 is 17.8 Å². The number of hydrogen-bond acceptors (Lipinski definition) is 5. The van der Waals surface area contributed by atoms with Crippen molar-refractivity contribution in [2.24, 2.45) is 0 Å². The molecular weight excluding hydrogens is 434 g/mol. The van der Waals surface area contributed by atoms with E-state index in [1.165, 1.54) is 17.7 Å². The summed E-state index contributed by atoms with van der Waals surface area (Å²) in [5.74, 6) is -2.23. The van der Waals surface area contributed by atoms with Crippen LogP contribution in [0.15, 0.2) is 34.9 Å². The Bertz CT molecular complexity index is 891. The van der Waals surface area contributed by atoms with Crippen LogP contribution >= 0.6 is 0 Å². The maximum atomic E-state index is 13.0. The van der Waals surface area contributed by atoms with Gasteiger partial charge < -0.3 is 14.9 Å². The number of carbonyl (C=O) groups excluding carboxylic acids is 1. The Kier molecular flexibility index (Phi) is 8.76. The molecule has 1 heterocycles. The fraction of sp³-hybridized carbons (Fsp3) is 0.476. The fourth-order valence-electron chi connectivity index (χ4n) is 3.41. The summed E-state index contributed by atoms with van der Waals surface area (Å²) in [5, 5.41) is 17.0. The lowest BCUT2D eigenvalue weighted by atomic mass is 9.81. The highest BCUT2D eigenvalue weighted by Gasteiger charge is 2.38. The van der Waals surface area contributed by atoms with Crippen LogP contribution in [-0.2, 0) is 9.59 Å². The van der Waals surface area contributed by atoms with E-state index in [9.17, 15) is 22.4 Å². The minimum Gasteiger partial charge on any atom is -0.475 e. The van der Waals surface area contributed by atoms with Crippen molar-refractivity contribution in [2.45, 2.75) is 63.7 Å². The van der Waals surface area contributed by atoms with Crippen molar-refractivity contribution in [2.75, 3.05) is 5.32 Å². The first-order valence-corrected chi connectivity index (χ1v) is 10.0. The van der Waals surface area contributed by atoms with Gasteiger partial charge in [0.05, 0.1) is 11.7 Å². The van der Waals surface area contributed by atoms with E-state index in [1.807, 2.05) is 19.1 Å². The largest absolute Gasteiger partial charge is 0.490 e. The molecule has 0 aliphatic heterocycles. The Labute approximate surface area is 182 Å². The number of alkyl halides is 3. The summed E-state index contributed by atoms with van der Waals surface area (Å²) in [7, 11) is 0. The molecule has 32 heavy (non-hydrogen) atoms. The number of aromatic nitrogens is 1. The van der Waals surface area contributed by atoms with Gasteiger partial charge in [-0.1, -0.05) is 17.3 Å². The molecule has 1 fully saturated rings. The summed E-state index contributed by atoms with van der Waals surface area (Å²) in [6.45, 7) is 3.66. The lowest BCUT2D eigenvalue weighted by Crippen LogP contribution is -2.45. The number of aliphatic carboxylic acids is 1. The van der Waals surface area contributed by atoms with Crippen LogP contribution in [0.4, 0.5) is 23.4 Å². The molecule has 1 aliphatic rings. The molecule has 1 aliphatic carbocycles. The SMILES string of the molecule is Cc1cc(NC(=O)C(C)NC2CCC(c3ccc(F)cc3)CC2)on1.O=C(O)C(F)(F)F. The monoisotopic (exact) mass is 459 g/mol. The van der Waals surface area contributed by atoms with Crippen molar-refractivity contribution in [3.8, 4) is 0 Å². The predicted molar refractivity (Wildman–Crippen MR) is 108 cm³/mol. The van der Waals surface area contributed by atoms with Crippen LogP contribution in [0.2, 0.25) is 0 Å². The van der Waals surface area contributed by atoms with Crippen LogP contribution in [-0.4, -0.2) is 40.4 Å². The highest BCUT2D eigenvalue weighted by Crippen LogP contribution is 2.33. The molecule has 3 N–H and O–H groups in total. The minimum atomic E-state index is -5.08. The van der Waals surface area contributed by atoms with Crippen molar-refractivity contribution in [1.29, 1.82) is 0 Å². The van der Waals surface area contributed by atoms with E-state index in [1.54, 1.807) is 13.0 Å². The molecule has 1 aromatic heterocycles. The molecule has 2 aromatic rings. The third kappa shape index (κ3) is 7.95.